The number of nitrogens with one attached hydrogen (secondary N) is 1. The fourth-order valence-corrected chi connectivity index (χ4v) is 4.52. The summed E-state index contributed by atoms with van der Waals surface area (Å²) < 4.78 is 11.6. The zero-order valence-electron chi connectivity index (χ0n) is 11.0. The molecule has 0 radical (unpaired) electrons. The molecule has 0 atom stereocenters. The molecule has 5 nitrogen and oxygen atoms in total. The van der Waals surface area contributed by atoms with E-state index < -0.39 is 8.56 Å². The van der Waals surface area contributed by atoms with E-state index in [1.165, 1.54) is 11.8 Å². The molecule has 1 aliphatic heterocycles. The van der Waals surface area contributed by atoms with Crippen molar-refractivity contribution in [3.63, 3.8) is 0 Å². The van der Waals surface area contributed by atoms with Crippen molar-refractivity contribution in [1.82, 2.24) is 5.32 Å². The highest BCUT2D eigenvalue weighted by molar-refractivity contribution is 8.45. The van der Waals surface area contributed by atoms with Gasteiger partial charge in [0.15, 0.2) is 0 Å². The molecule has 0 aliphatic carbocycles. The van der Waals surface area contributed by atoms with Gasteiger partial charge in [0.05, 0.1) is 6.54 Å². The van der Waals surface area contributed by atoms with Crippen LogP contribution in [0.15, 0.2) is 4.99 Å². The van der Waals surface area contributed by atoms with Crippen molar-refractivity contribution in [2.45, 2.75) is 19.0 Å². The summed E-state index contributed by atoms with van der Waals surface area (Å²) >= 11 is 2.83. The number of nitrogens with zero attached hydrogens (tertiary/aromatic N) is 1. The lowest BCUT2D eigenvalue weighted by molar-refractivity contribution is 0.247. The average molecular weight is 309 g/mol. The third-order valence-electron chi connectivity index (χ3n) is 2.68. The van der Waals surface area contributed by atoms with Gasteiger partial charge in [0.25, 0.3) is 5.24 Å². The van der Waals surface area contributed by atoms with Gasteiger partial charge in [0, 0.05) is 26.5 Å². The molecular weight excluding hydrogens is 288 g/mol. The van der Waals surface area contributed by atoms with Gasteiger partial charge in [-0.15, -0.1) is 0 Å². The zero-order valence-corrected chi connectivity index (χ0v) is 13.7. The monoisotopic (exact) mass is 308 g/mol. The molecule has 104 valence electrons. The molecule has 0 bridgehead atoms. The Labute approximate surface area is 118 Å². The smallest absolute Gasteiger partial charge is 0.334 e. The summed E-state index contributed by atoms with van der Waals surface area (Å²) in [7, 11) is 1.37. The van der Waals surface area contributed by atoms with Gasteiger partial charge in [-0.1, -0.05) is 11.8 Å². The maximum Gasteiger partial charge on any atom is 0.334 e. The second-order valence-corrected chi connectivity index (χ2v) is 9.85. The van der Waals surface area contributed by atoms with Crippen LogP contribution in [0.2, 0.25) is 12.6 Å². The summed E-state index contributed by atoms with van der Waals surface area (Å²) in [5.41, 5.74) is 0. The number of carbonyl (C=O) groups is 1. The Morgan fingerprint density at radius 2 is 2.28 bits per heavy atom. The summed E-state index contributed by atoms with van der Waals surface area (Å²) in [6, 6.07) is 0.876. The molecule has 1 amide bonds. The Hall–Kier alpha value is -0.0231. The summed E-state index contributed by atoms with van der Waals surface area (Å²) in [6.45, 7) is 3.50. The molecule has 0 aromatic carbocycles. The third kappa shape index (κ3) is 5.74. The molecule has 0 unspecified atom stereocenters. The number of thioether (sulfide) groups is 2. The first kappa shape index (κ1) is 16.0. The van der Waals surface area contributed by atoms with Crippen molar-refractivity contribution in [3.8, 4) is 0 Å². The van der Waals surface area contributed by atoms with Crippen molar-refractivity contribution < 1.29 is 13.6 Å². The highest BCUT2D eigenvalue weighted by atomic mass is 32.2. The van der Waals surface area contributed by atoms with Crippen molar-refractivity contribution in [2.24, 2.45) is 4.99 Å². The SMILES string of the molecule is CO[Si](C)(CCCNC(=O)SC1=NCCS1)OC. The Morgan fingerprint density at radius 1 is 1.56 bits per heavy atom. The van der Waals surface area contributed by atoms with Crippen LogP contribution in [-0.2, 0) is 8.85 Å². The number of hydrogen-bond donors (Lipinski definition) is 1. The first-order valence-electron chi connectivity index (χ1n) is 5.83. The normalized spacial score (nSPS) is 15.6. The van der Waals surface area contributed by atoms with Crippen molar-refractivity contribution >= 4 is 41.7 Å². The molecule has 0 fully saturated rings. The van der Waals surface area contributed by atoms with Crippen molar-refractivity contribution in [2.75, 3.05) is 33.1 Å². The van der Waals surface area contributed by atoms with E-state index in [-0.39, 0.29) is 5.24 Å². The highest BCUT2D eigenvalue weighted by Gasteiger charge is 2.27. The van der Waals surface area contributed by atoms with Gasteiger partial charge in [-0.05, 0) is 30.8 Å². The third-order valence-corrected chi connectivity index (χ3v) is 7.67. The minimum absolute atomic E-state index is 0.0265. The van der Waals surface area contributed by atoms with E-state index in [0.29, 0.717) is 6.54 Å². The number of carbonyl (C=O) groups excluding carboxylic acids is 1. The molecule has 1 N–H and O–H groups in total. The van der Waals surface area contributed by atoms with Crippen LogP contribution in [0.3, 0.4) is 0 Å². The Bertz CT molecular complexity index is 311. The molecule has 18 heavy (non-hydrogen) atoms. The molecule has 0 saturated heterocycles. The number of rotatable bonds is 6. The number of hydrogen-bond acceptors (Lipinski definition) is 6. The van der Waals surface area contributed by atoms with Crippen LogP contribution in [0.4, 0.5) is 4.79 Å². The minimum atomic E-state index is -1.99. The molecule has 1 aliphatic rings. The van der Waals surface area contributed by atoms with Crippen LogP contribution in [0.5, 0.6) is 0 Å². The minimum Gasteiger partial charge on any atom is -0.398 e. The molecule has 0 aromatic heterocycles. The van der Waals surface area contributed by atoms with Crippen molar-refractivity contribution in [3.05, 3.63) is 0 Å². The maximum atomic E-state index is 11.6. The Balaban J connectivity index is 2.12. The molecule has 8 heteroatoms. The van der Waals surface area contributed by atoms with Gasteiger partial charge in [-0.3, -0.25) is 9.79 Å². The molecule has 0 aromatic rings. The van der Waals surface area contributed by atoms with Gasteiger partial charge < -0.3 is 14.2 Å². The van der Waals surface area contributed by atoms with Crippen LogP contribution in [0.1, 0.15) is 6.42 Å². The van der Waals surface area contributed by atoms with E-state index in [2.05, 4.69) is 10.3 Å². The lowest BCUT2D eigenvalue weighted by Gasteiger charge is -2.22. The van der Waals surface area contributed by atoms with Crippen LogP contribution in [0, 0.1) is 0 Å². The Kier molecular flexibility index (Phi) is 7.31. The standard InChI is InChI=1S/C10H20N2O3S2Si/c1-14-18(3,15-2)8-4-5-11-9(13)17-10-12-6-7-16-10/h4-8H2,1-3H3,(H,11,13). The van der Waals surface area contributed by atoms with E-state index >= 15 is 0 Å². The number of amides is 1. The quantitative estimate of drug-likeness (QED) is 0.602. The van der Waals surface area contributed by atoms with E-state index in [1.54, 1.807) is 26.0 Å². The Morgan fingerprint density at radius 3 is 2.83 bits per heavy atom. The van der Waals surface area contributed by atoms with Gasteiger partial charge in [0.2, 0.25) is 0 Å². The lowest BCUT2D eigenvalue weighted by atomic mass is 10.5. The fourth-order valence-electron chi connectivity index (χ4n) is 1.38. The predicted molar refractivity (Wildman–Crippen MR) is 80.8 cm³/mol. The molecule has 0 saturated carbocycles. The van der Waals surface area contributed by atoms with Gasteiger partial charge in [-0.2, -0.15) is 0 Å². The molecular formula is C10H20N2O3S2Si. The van der Waals surface area contributed by atoms with Crippen LogP contribution < -0.4 is 5.32 Å². The second-order valence-electron chi connectivity index (χ2n) is 3.96. The van der Waals surface area contributed by atoms with E-state index in [1.807, 2.05) is 6.55 Å². The summed E-state index contributed by atoms with van der Waals surface area (Å²) in [4.78, 5) is 15.8. The summed E-state index contributed by atoms with van der Waals surface area (Å²) in [5, 5.41) is 2.84. The largest absolute Gasteiger partial charge is 0.398 e. The van der Waals surface area contributed by atoms with Crippen LogP contribution >= 0.6 is 23.5 Å². The van der Waals surface area contributed by atoms with Gasteiger partial charge in [-0.25, -0.2) is 0 Å². The summed E-state index contributed by atoms with van der Waals surface area (Å²) in [5.74, 6) is 0.987. The van der Waals surface area contributed by atoms with E-state index in [9.17, 15) is 4.79 Å². The van der Waals surface area contributed by atoms with Crippen LogP contribution in [-0.4, -0.2) is 51.2 Å². The average Bonchev–Trinajstić information content (AvgIpc) is 2.87. The first-order valence-corrected chi connectivity index (χ1v) is 10.2. The fraction of sp³-hybridized carbons (Fsp3) is 0.800. The maximum absolute atomic E-state index is 11.6. The van der Waals surface area contributed by atoms with E-state index in [0.717, 1.165) is 29.1 Å². The predicted octanol–water partition coefficient (Wildman–Crippen LogP) is 2.29. The van der Waals surface area contributed by atoms with Crippen LogP contribution in [0.25, 0.3) is 0 Å². The molecule has 0 spiro atoms. The van der Waals surface area contributed by atoms with E-state index in [4.69, 9.17) is 8.85 Å². The number of aliphatic imine (C=N–C) groups is 1. The summed E-state index contributed by atoms with van der Waals surface area (Å²) in [6.07, 6.45) is 0.871. The molecule has 1 heterocycles. The van der Waals surface area contributed by atoms with Gasteiger partial charge in [0.1, 0.15) is 4.38 Å². The molecule has 1 rings (SSSR count). The topological polar surface area (TPSA) is 59.9 Å². The van der Waals surface area contributed by atoms with Gasteiger partial charge >= 0.3 is 8.56 Å². The first-order chi connectivity index (χ1) is 8.59. The second kappa shape index (κ2) is 8.21. The lowest BCUT2D eigenvalue weighted by Crippen LogP contribution is -2.36. The zero-order chi connectivity index (χ0) is 13.4. The highest BCUT2D eigenvalue weighted by Crippen LogP contribution is 2.22. The van der Waals surface area contributed by atoms with Crippen molar-refractivity contribution in [1.29, 1.82) is 0 Å².